The van der Waals surface area contributed by atoms with Gasteiger partial charge in [-0.05, 0) is 43.9 Å². The number of benzene rings is 1. The van der Waals surface area contributed by atoms with Crippen molar-refractivity contribution in [3.05, 3.63) is 30.1 Å². The first-order valence-corrected chi connectivity index (χ1v) is 7.49. The Balaban J connectivity index is 2.08. The van der Waals surface area contributed by atoms with E-state index in [9.17, 15) is 12.8 Å². The lowest BCUT2D eigenvalue weighted by molar-refractivity contribution is 0.373. The molecule has 1 fully saturated rings. The molecule has 0 atom stereocenters. The lowest BCUT2D eigenvalue weighted by atomic mass is 9.93. The molecule has 0 amide bonds. The maximum atomic E-state index is 13.0. The molecule has 0 radical (unpaired) electrons. The van der Waals surface area contributed by atoms with Crippen LogP contribution in [0.4, 0.5) is 4.39 Å². The van der Waals surface area contributed by atoms with Crippen molar-refractivity contribution in [2.24, 2.45) is 5.73 Å². The standard InChI is InChI=1S/C12H17FN2O2S/c13-9-2-1-3-12(8-9)18(16,17)15-11-6-4-10(14)5-7-11/h1-3,8,10-11,15H,4-7,14H2. The highest BCUT2D eigenvalue weighted by Gasteiger charge is 2.24. The lowest BCUT2D eigenvalue weighted by Crippen LogP contribution is -2.40. The molecule has 1 saturated carbocycles. The second-order valence-electron chi connectivity index (χ2n) is 4.69. The van der Waals surface area contributed by atoms with Crippen LogP contribution in [0.1, 0.15) is 25.7 Å². The molecule has 1 aromatic carbocycles. The third kappa shape index (κ3) is 3.28. The van der Waals surface area contributed by atoms with Crippen molar-refractivity contribution >= 4 is 10.0 Å². The third-order valence-electron chi connectivity index (χ3n) is 3.20. The molecular weight excluding hydrogens is 255 g/mol. The smallest absolute Gasteiger partial charge is 0.240 e. The van der Waals surface area contributed by atoms with Gasteiger partial charge in [0.25, 0.3) is 0 Å². The van der Waals surface area contributed by atoms with Crippen molar-refractivity contribution in [2.45, 2.75) is 42.7 Å². The van der Waals surface area contributed by atoms with Gasteiger partial charge in [-0.1, -0.05) is 6.07 Å². The van der Waals surface area contributed by atoms with Crippen molar-refractivity contribution in [2.75, 3.05) is 0 Å². The molecule has 0 heterocycles. The summed E-state index contributed by atoms with van der Waals surface area (Å²) >= 11 is 0. The highest BCUT2D eigenvalue weighted by atomic mass is 32.2. The van der Waals surface area contributed by atoms with Gasteiger partial charge in [0.05, 0.1) is 4.90 Å². The van der Waals surface area contributed by atoms with Gasteiger partial charge in [0.1, 0.15) is 5.82 Å². The summed E-state index contributed by atoms with van der Waals surface area (Å²) in [5.41, 5.74) is 5.76. The summed E-state index contributed by atoms with van der Waals surface area (Å²) in [7, 11) is -3.63. The van der Waals surface area contributed by atoms with Crippen LogP contribution in [0.2, 0.25) is 0 Å². The number of halogens is 1. The molecule has 0 bridgehead atoms. The molecule has 6 heteroatoms. The van der Waals surface area contributed by atoms with E-state index in [4.69, 9.17) is 5.73 Å². The van der Waals surface area contributed by atoms with Crippen LogP contribution in [0.3, 0.4) is 0 Å². The van der Waals surface area contributed by atoms with E-state index in [1.807, 2.05) is 0 Å². The topological polar surface area (TPSA) is 72.2 Å². The Morgan fingerprint density at radius 2 is 1.89 bits per heavy atom. The molecule has 0 aromatic heterocycles. The summed E-state index contributed by atoms with van der Waals surface area (Å²) in [4.78, 5) is -0.0302. The zero-order chi connectivity index (χ0) is 13.2. The van der Waals surface area contributed by atoms with Crippen LogP contribution in [0, 0.1) is 5.82 Å². The maximum absolute atomic E-state index is 13.0. The molecule has 1 aliphatic rings. The average Bonchev–Trinajstić information content (AvgIpc) is 2.32. The van der Waals surface area contributed by atoms with Gasteiger partial charge in [-0.15, -0.1) is 0 Å². The zero-order valence-corrected chi connectivity index (χ0v) is 10.8. The lowest BCUT2D eigenvalue weighted by Gasteiger charge is -2.26. The molecule has 1 aromatic rings. The Morgan fingerprint density at radius 3 is 2.50 bits per heavy atom. The van der Waals surface area contributed by atoms with Gasteiger partial charge in [-0.3, -0.25) is 0 Å². The average molecular weight is 272 g/mol. The van der Waals surface area contributed by atoms with Gasteiger partial charge >= 0.3 is 0 Å². The van der Waals surface area contributed by atoms with E-state index < -0.39 is 15.8 Å². The Labute approximate surface area is 106 Å². The van der Waals surface area contributed by atoms with E-state index in [-0.39, 0.29) is 17.0 Å². The highest BCUT2D eigenvalue weighted by Crippen LogP contribution is 2.19. The van der Waals surface area contributed by atoms with Crippen LogP contribution >= 0.6 is 0 Å². The molecule has 4 nitrogen and oxygen atoms in total. The molecule has 0 unspecified atom stereocenters. The number of nitrogens with two attached hydrogens (primary N) is 1. The van der Waals surface area contributed by atoms with Crippen LogP contribution in [0.25, 0.3) is 0 Å². The summed E-state index contributed by atoms with van der Waals surface area (Å²) in [6, 6.07) is 5.09. The quantitative estimate of drug-likeness (QED) is 0.873. The van der Waals surface area contributed by atoms with E-state index in [1.54, 1.807) is 0 Å². The summed E-state index contributed by atoms with van der Waals surface area (Å²) in [6.07, 6.45) is 3.10. The largest absolute Gasteiger partial charge is 0.328 e. The minimum atomic E-state index is -3.63. The highest BCUT2D eigenvalue weighted by molar-refractivity contribution is 7.89. The van der Waals surface area contributed by atoms with Crippen LogP contribution < -0.4 is 10.5 Å². The van der Waals surface area contributed by atoms with Gasteiger partial charge in [-0.2, -0.15) is 0 Å². The maximum Gasteiger partial charge on any atom is 0.240 e. The molecule has 1 aliphatic carbocycles. The molecule has 0 saturated heterocycles. The first-order valence-electron chi connectivity index (χ1n) is 6.01. The Bertz CT molecular complexity index is 511. The second kappa shape index (κ2) is 5.34. The Kier molecular flexibility index (Phi) is 3.99. The van der Waals surface area contributed by atoms with E-state index in [0.717, 1.165) is 31.7 Å². The molecule has 18 heavy (non-hydrogen) atoms. The predicted molar refractivity (Wildman–Crippen MR) is 67.0 cm³/mol. The number of sulfonamides is 1. The first kappa shape index (κ1) is 13.5. The molecule has 100 valence electrons. The molecular formula is C12H17FN2O2S. The van der Waals surface area contributed by atoms with Crippen LogP contribution in [-0.2, 0) is 10.0 Å². The summed E-state index contributed by atoms with van der Waals surface area (Å²) in [5.74, 6) is -0.552. The molecule has 0 spiro atoms. The zero-order valence-electron chi connectivity index (χ0n) is 9.97. The SMILES string of the molecule is NC1CCC(NS(=O)(=O)c2cccc(F)c2)CC1. The fourth-order valence-electron chi connectivity index (χ4n) is 2.16. The van der Waals surface area contributed by atoms with Crippen LogP contribution in [0.5, 0.6) is 0 Å². The first-order chi connectivity index (χ1) is 8.47. The molecule has 2 rings (SSSR count). The van der Waals surface area contributed by atoms with Gasteiger partial charge in [0.2, 0.25) is 10.0 Å². The van der Waals surface area contributed by atoms with E-state index in [2.05, 4.69) is 4.72 Å². The van der Waals surface area contributed by atoms with Crippen molar-refractivity contribution in [3.63, 3.8) is 0 Å². The Morgan fingerprint density at radius 1 is 1.22 bits per heavy atom. The Hall–Kier alpha value is -0.980. The minimum Gasteiger partial charge on any atom is -0.328 e. The van der Waals surface area contributed by atoms with Gasteiger partial charge < -0.3 is 5.73 Å². The number of nitrogens with one attached hydrogen (secondary N) is 1. The van der Waals surface area contributed by atoms with Crippen LogP contribution in [0.15, 0.2) is 29.2 Å². The van der Waals surface area contributed by atoms with Crippen LogP contribution in [-0.4, -0.2) is 20.5 Å². The van der Waals surface area contributed by atoms with E-state index in [1.165, 1.54) is 18.2 Å². The van der Waals surface area contributed by atoms with Crippen molar-refractivity contribution in [3.8, 4) is 0 Å². The van der Waals surface area contributed by atoms with Gasteiger partial charge in [0.15, 0.2) is 0 Å². The predicted octanol–water partition coefficient (Wildman–Crippen LogP) is 1.37. The normalized spacial score (nSPS) is 25.0. The van der Waals surface area contributed by atoms with Gasteiger partial charge in [0, 0.05) is 12.1 Å². The molecule has 3 N–H and O–H groups in total. The summed E-state index contributed by atoms with van der Waals surface area (Å²) < 4.78 is 39.7. The van der Waals surface area contributed by atoms with Gasteiger partial charge in [-0.25, -0.2) is 17.5 Å². The summed E-state index contributed by atoms with van der Waals surface area (Å²) in [6.45, 7) is 0. The monoisotopic (exact) mass is 272 g/mol. The van der Waals surface area contributed by atoms with Crippen molar-refractivity contribution < 1.29 is 12.8 Å². The van der Waals surface area contributed by atoms with Crippen molar-refractivity contribution in [1.29, 1.82) is 0 Å². The third-order valence-corrected chi connectivity index (χ3v) is 4.72. The number of rotatable bonds is 3. The minimum absolute atomic E-state index is 0.0302. The van der Waals surface area contributed by atoms with E-state index in [0.29, 0.717) is 0 Å². The fraction of sp³-hybridized carbons (Fsp3) is 0.500. The second-order valence-corrected chi connectivity index (χ2v) is 6.40. The van der Waals surface area contributed by atoms with E-state index >= 15 is 0 Å². The molecule has 0 aliphatic heterocycles. The summed E-state index contributed by atoms with van der Waals surface area (Å²) in [5, 5.41) is 0. The fourth-order valence-corrected chi connectivity index (χ4v) is 3.49. The number of hydrogen-bond acceptors (Lipinski definition) is 3. The number of hydrogen-bond donors (Lipinski definition) is 2. The van der Waals surface area contributed by atoms with Crippen molar-refractivity contribution in [1.82, 2.24) is 4.72 Å².